The van der Waals surface area contributed by atoms with Crippen LogP contribution in [0.15, 0.2) is 24.3 Å². The lowest BCUT2D eigenvalue weighted by Crippen LogP contribution is -2.48. The Kier molecular flexibility index (Phi) is 6.53. The summed E-state index contributed by atoms with van der Waals surface area (Å²) in [6.45, 7) is 4.31. The first-order valence-electron chi connectivity index (χ1n) is 10.0. The van der Waals surface area contributed by atoms with Gasteiger partial charge in [0.15, 0.2) is 0 Å². The molecule has 0 radical (unpaired) electrons. The molecule has 5 nitrogen and oxygen atoms in total. The third-order valence-corrected chi connectivity index (χ3v) is 5.85. The number of carbonyl (C=O) groups is 2. The summed E-state index contributed by atoms with van der Waals surface area (Å²) < 4.78 is 0. The van der Waals surface area contributed by atoms with Gasteiger partial charge in [-0.15, -0.1) is 0 Å². The molecular weight excluding hydrogens is 326 g/mol. The van der Waals surface area contributed by atoms with Crippen LogP contribution in [0.1, 0.15) is 50.5 Å². The van der Waals surface area contributed by atoms with Gasteiger partial charge in [-0.05, 0) is 49.7 Å². The van der Waals surface area contributed by atoms with E-state index in [4.69, 9.17) is 0 Å². The van der Waals surface area contributed by atoms with E-state index in [1.54, 1.807) is 0 Å². The average molecular weight is 357 g/mol. The van der Waals surface area contributed by atoms with Crippen LogP contribution in [0.4, 0.5) is 10.5 Å². The smallest absolute Gasteiger partial charge is 0.317 e. The van der Waals surface area contributed by atoms with Gasteiger partial charge < -0.3 is 15.5 Å². The Morgan fingerprint density at radius 1 is 1.12 bits per heavy atom. The minimum absolute atomic E-state index is 0.00318. The Labute approximate surface area is 156 Å². The lowest BCUT2D eigenvalue weighted by Gasteiger charge is -2.41. The van der Waals surface area contributed by atoms with E-state index in [0.29, 0.717) is 25.3 Å². The van der Waals surface area contributed by atoms with Crippen molar-refractivity contribution in [3.63, 3.8) is 0 Å². The number of rotatable bonds is 5. The molecule has 0 aromatic heterocycles. The maximum absolute atomic E-state index is 12.4. The molecule has 1 aromatic carbocycles. The predicted molar refractivity (Wildman–Crippen MR) is 104 cm³/mol. The molecular formula is C21H31N3O2. The van der Waals surface area contributed by atoms with E-state index in [2.05, 4.69) is 10.6 Å². The third kappa shape index (κ3) is 4.99. The zero-order valence-electron chi connectivity index (χ0n) is 15.8. The molecule has 2 aliphatic rings. The van der Waals surface area contributed by atoms with Crippen molar-refractivity contribution in [1.82, 2.24) is 10.2 Å². The summed E-state index contributed by atoms with van der Waals surface area (Å²) in [5.74, 6) is 1.53. The van der Waals surface area contributed by atoms with Gasteiger partial charge in [0.2, 0.25) is 5.91 Å². The van der Waals surface area contributed by atoms with Crippen molar-refractivity contribution in [1.29, 1.82) is 0 Å². The Balaban J connectivity index is 1.34. The molecule has 1 heterocycles. The van der Waals surface area contributed by atoms with Gasteiger partial charge in [0.05, 0.1) is 0 Å². The second-order valence-corrected chi connectivity index (χ2v) is 7.74. The molecule has 1 aliphatic heterocycles. The second-order valence-electron chi connectivity index (χ2n) is 7.74. The number of hydrogen-bond acceptors (Lipinski definition) is 2. The van der Waals surface area contributed by atoms with Crippen LogP contribution in [0.5, 0.6) is 0 Å². The van der Waals surface area contributed by atoms with Crippen LogP contribution in [0.2, 0.25) is 0 Å². The van der Waals surface area contributed by atoms with Gasteiger partial charge in [-0.25, -0.2) is 4.79 Å². The quantitative estimate of drug-likeness (QED) is 0.784. The van der Waals surface area contributed by atoms with Crippen molar-refractivity contribution in [3.05, 3.63) is 29.8 Å². The number of benzene rings is 1. The van der Waals surface area contributed by atoms with Crippen molar-refractivity contribution in [3.8, 4) is 0 Å². The van der Waals surface area contributed by atoms with Gasteiger partial charge in [-0.2, -0.15) is 0 Å². The molecule has 142 valence electrons. The van der Waals surface area contributed by atoms with E-state index in [1.807, 2.05) is 36.1 Å². The van der Waals surface area contributed by atoms with Crippen molar-refractivity contribution in [2.45, 2.75) is 51.9 Å². The number of aryl methyl sites for hydroxylation is 1. The largest absolute Gasteiger partial charge is 0.338 e. The van der Waals surface area contributed by atoms with Crippen LogP contribution in [-0.2, 0) is 4.79 Å². The Morgan fingerprint density at radius 3 is 2.69 bits per heavy atom. The van der Waals surface area contributed by atoms with Gasteiger partial charge >= 0.3 is 6.03 Å². The minimum Gasteiger partial charge on any atom is -0.338 e. The summed E-state index contributed by atoms with van der Waals surface area (Å²) in [6.07, 6.45) is 7.51. The fraction of sp³-hybridized carbons (Fsp3) is 0.619. The SMILES string of the molecule is Cc1ccccc1NC(=O)CCCNC(=O)N1CCC2CCCCC2C1. The Morgan fingerprint density at radius 2 is 1.88 bits per heavy atom. The second kappa shape index (κ2) is 9.06. The van der Waals surface area contributed by atoms with E-state index in [1.165, 1.54) is 25.7 Å². The third-order valence-electron chi connectivity index (χ3n) is 5.85. The molecule has 1 aromatic rings. The maximum atomic E-state index is 12.4. The van der Waals surface area contributed by atoms with Gasteiger partial charge in [0.1, 0.15) is 0 Å². The summed E-state index contributed by atoms with van der Waals surface area (Å²) in [5.41, 5.74) is 1.91. The van der Waals surface area contributed by atoms with Crippen LogP contribution in [-0.4, -0.2) is 36.5 Å². The van der Waals surface area contributed by atoms with Gasteiger partial charge in [0.25, 0.3) is 0 Å². The zero-order chi connectivity index (χ0) is 18.4. The molecule has 1 aliphatic carbocycles. The lowest BCUT2D eigenvalue weighted by molar-refractivity contribution is -0.116. The first-order chi connectivity index (χ1) is 12.6. The molecule has 0 spiro atoms. The number of amides is 3. The van der Waals surface area contributed by atoms with E-state index in [9.17, 15) is 9.59 Å². The van der Waals surface area contributed by atoms with Crippen LogP contribution >= 0.6 is 0 Å². The number of nitrogens with zero attached hydrogens (tertiary/aromatic N) is 1. The number of piperidine rings is 1. The van der Waals surface area contributed by atoms with Gasteiger partial charge in [-0.3, -0.25) is 4.79 Å². The summed E-state index contributed by atoms with van der Waals surface area (Å²) in [4.78, 5) is 26.4. The highest BCUT2D eigenvalue weighted by molar-refractivity contribution is 5.91. The maximum Gasteiger partial charge on any atom is 0.317 e. The van der Waals surface area contributed by atoms with Crippen LogP contribution in [0, 0.1) is 18.8 Å². The molecule has 3 rings (SSSR count). The molecule has 1 saturated heterocycles. The number of nitrogens with one attached hydrogen (secondary N) is 2. The number of fused-ring (bicyclic) bond motifs is 1. The molecule has 1 saturated carbocycles. The first kappa shape index (κ1) is 18.7. The molecule has 3 amide bonds. The lowest BCUT2D eigenvalue weighted by atomic mass is 9.75. The van der Waals surface area contributed by atoms with Crippen molar-refractivity contribution in [2.24, 2.45) is 11.8 Å². The molecule has 2 unspecified atom stereocenters. The average Bonchev–Trinajstić information content (AvgIpc) is 2.66. The van der Waals surface area contributed by atoms with Crippen LogP contribution in [0.25, 0.3) is 0 Å². The topological polar surface area (TPSA) is 61.4 Å². The van der Waals surface area contributed by atoms with E-state index < -0.39 is 0 Å². The van der Waals surface area contributed by atoms with Gasteiger partial charge in [0, 0.05) is 31.7 Å². The van der Waals surface area contributed by atoms with Crippen molar-refractivity contribution in [2.75, 3.05) is 25.0 Å². The highest BCUT2D eigenvalue weighted by Crippen LogP contribution is 2.35. The zero-order valence-corrected chi connectivity index (χ0v) is 15.8. The summed E-state index contributed by atoms with van der Waals surface area (Å²) in [7, 11) is 0. The summed E-state index contributed by atoms with van der Waals surface area (Å²) in [5, 5.41) is 5.92. The summed E-state index contributed by atoms with van der Waals surface area (Å²) in [6, 6.07) is 7.79. The highest BCUT2D eigenvalue weighted by atomic mass is 16.2. The Hall–Kier alpha value is -2.04. The standard InChI is InChI=1S/C21H31N3O2/c1-16-7-2-5-10-19(16)23-20(25)11-6-13-22-21(26)24-14-12-17-8-3-4-9-18(17)15-24/h2,5,7,10,17-18H,3-4,6,8-9,11-15H2,1H3,(H,22,26)(H,23,25). The number of anilines is 1. The first-order valence-corrected chi connectivity index (χ1v) is 10.0. The fourth-order valence-corrected chi connectivity index (χ4v) is 4.27. The predicted octanol–water partition coefficient (Wildman–Crippen LogP) is 3.94. The van der Waals surface area contributed by atoms with Crippen LogP contribution in [0.3, 0.4) is 0 Å². The molecule has 2 N–H and O–H groups in total. The highest BCUT2D eigenvalue weighted by Gasteiger charge is 2.32. The van der Waals surface area contributed by atoms with Gasteiger partial charge in [-0.1, -0.05) is 37.5 Å². The van der Waals surface area contributed by atoms with E-state index >= 15 is 0 Å². The molecule has 0 bridgehead atoms. The monoisotopic (exact) mass is 357 g/mol. The normalized spacial score (nSPS) is 22.4. The van der Waals surface area contributed by atoms with Crippen molar-refractivity contribution < 1.29 is 9.59 Å². The number of urea groups is 1. The fourth-order valence-electron chi connectivity index (χ4n) is 4.27. The van der Waals surface area contributed by atoms with E-state index in [-0.39, 0.29) is 11.9 Å². The van der Waals surface area contributed by atoms with Crippen LogP contribution < -0.4 is 10.6 Å². The Bertz CT molecular complexity index is 631. The number of carbonyl (C=O) groups excluding carboxylic acids is 2. The molecule has 2 atom stereocenters. The summed E-state index contributed by atoms with van der Waals surface area (Å²) >= 11 is 0. The number of likely N-dealkylation sites (tertiary alicyclic amines) is 1. The molecule has 5 heteroatoms. The number of para-hydroxylation sites is 1. The number of hydrogen-bond donors (Lipinski definition) is 2. The van der Waals surface area contributed by atoms with Crippen molar-refractivity contribution >= 4 is 17.6 Å². The van der Waals surface area contributed by atoms with E-state index in [0.717, 1.165) is 36.7 Å². The molecule has 26 heavy (non-hydrogen) atoms. The minimum atomic E-state index is -0.00318. The molecule has 2 fully saturated rings.